The Hall–Kier alpha value is -0.940. The Balaban J connectivity index is 3.10. The molecule has 3 nitrogen and oxygen atoms in total. The Morgan fingerprint density at radius 2 is 1.94 bits per heavy atom. The van der Waals surface area contributed by atoms with Gasteiger partial charge in [0, 0.05) is 11.8 Å². The highest BCUT2D eigenvalue weighted by Gasteiger charge is 2.29. The molecule has 1 N–H and O–H groups in total. The molecule has 0 heterocycles. The highest BCUT2D eigenvalue weighted by molar-refractivity contribution is 7.91. The summed E-state index contributed by atoms with van der Waals surface area (Å²) < 4.78 is 36.2. The number of hydrogen-bond acceptors (Lipinski definition) is 3. The van der Waals surface area contributed by atoms with Crippen molar-refractivity contribution in [2.24, 2.45) is 0 Å². The number of aliphatic hydroxyl groups excluding tert-OH is 1. The normalized spacial score (nSPS) is 15.8. The second kappa shape index (κ2) is 4.93. The Labute approximate surface area is 94.8 Å². The van der Waals surface area contributed by atoms with Gasteiger partial charge in [-0.3, -0.25) is 0 Å². The van der Waals surface area contributed by atoms with Crippen LogP contribution >= 0.6 is 0 Å². The summed E-state index contributed by atoms with van der Waals surface area (Å²) >= 11 is 0. The monoisotopic (exact) mass is 246 g/mol. The number of benzene rings is 1. The fraction of sp³-hybridized carbons (Fsp3) is 0.455. The van der Waals surface area contributed by atoms with Gasteiger partial charge in [0.05, 0.1) is 11.4 Å². The Bertz CT molecular complexity index is 456. The predicted octanol–water partition coefficient (Wildman–Crippen LogP) is 1.68. The van der Waals surface area contributed by atoms with E-state index in [4.69, 9.17) is 0 Å². The third kappa shape index (κ3) is 2.80. The summed E-state index contributed by atoms with van der Waals surface area (Å²) in [7, 11) is -3.40. The fourth-order valence-electron chi connectivity index (χ4n) is 1.68. The molecule has 90 valence electrons. The topological polar surface area (TPSA) is 54.4 Å². The Kier molecular flexibility index (Phi) is 4.04. The van der Waals surface area contributed by atoms with Crippen LogP contribution in [0.5, 0.6) is 0 Å². The molecule has 5 heteroatoms. The number of aliphatic hydroxyl groups is 1. The average Bonchev–Trinajstić information content (AvgIpc) is 2.17. The van der Waals surface area contributed by atoms with E-state index in [9.17, 15) is 17.9 Å². The lowest BCUT2D eigenvalue weighted by Gasteiger charge is -2.20. The van der Waals surface area contributed by atoms with Gasteiger partial charge >= 0.3 is 0 Å². The van der Waals surface area contributed by atoms with Crippen LogP contribution in [0, 0.1) is 5.82 Å². The van der Waals surface area contributed by atoms with E-state index in [0.717, 1.165) is 6.26 Å². The van der Waals surface area contributed by atoms with Crippen LogP contribution in [0.25, 0.3) is 0 Å². The molecule has 0 aromatic heterocycles. The zero-order valence-electron chi connectivity index (χ0n) is 9.22. The summed E-state index contributed by atoms with van der Waals surface area (Å²) in [6, 6.07) is 5.66. The van der Waals surface area contributed by atoms with Gasteiger partial charge in [-0.1, -0.05) is 25.1 Å². The molecule has 0 aliphatic rings. The summed E-state index contributed by atoms with van der Waals surface area (Å²) in [5.74, 6) is -0.586. The number of rotatable bonds is 4. The molecule has 0 fully saturated rings. The standard InChI is InChI=1S/C11H15FO3S/c1-3-10(16(2,14)15)11(13)8-6-4-5-7-9(8)12/h4-7,10-11,13H,3H2,1-2H3/t10-,11-/m0/s1. The summed E-state index contributed by atoms with van der Waals surface area (Å²) in [6.07, 6.45) is -0.0271. The fourth-order valence-corrected chi connectivity index (χ4v) is 2.90. The molecule has 16 heavy (non-hydrogen) atoms. The molecule has 1 aromatic rings. The van der Waals surface area contributed by atoms with E-state index in [-0.39, 0.29) is 12.0 Å². The van der Waals surface area contributed by atoms with Crippen molar-refractivity contribution in [3.05, 3.63) is 35.6 Å². The quantitative estimate of drug-likeness (QED) is 0.879. The molecule has 0 saturated carbocycles. The van der Waals surface area contributed by atoms with Gasteiger partial charge in [0.25, 0.3) is 0 Å². The van der Waals surface area contributed by atoms with Crippen LogP contribution in [-0.4, -0.2) is 25.0 Å². The van der Waals surface area contributed by atoms with E-state index in [1.165, 1.54) is 18.2 Å². The van der Waals surface area contributed by atoms with Crippen LogP contribution < -0.4 is 0 Å². The Morgan fingerprint density at radius 1 is 1.38 bits per heavy atom. The van der Waals surface area contributed by atoms with E-state index < -0.39 is 27.0 Å². The molecule has 1 aromatic carbocycles. The maximum absolute atomic E-state index is 13.4. The smallest absolute Gasteiger partial charge is 0.153 e. The van der Waals surface area contributed by atoms with Crippen molar-refractivity contribution in [3.63, 3.8) is 0 Å². The van der Waals surface area contributed by atoms with Gasteiger partial charge in [-0.15, -0.1) is 0 Å². The molecule has 0 aliphatic heterocycles. The van der Waals surface area contributed by atoms with Crippen molar-refractivity contribution >= 4 is 9.84 Å². The Morgan fingerprint density at radius 3 is 2.38 bits per heavy atom. The van der Waals surface area contributed by atoms with Gasteiger partial charge < -0.3 is 5.11 Å². The minimum Gasteiger partial charge on any atom is -0.387 e. The van der Waals surface area contributed by atoms with E-state index in [2.05, 4.69) is 0 Å². The van der Waals surface area contributed by atoms with Gasteiger partial charge in [0.15, 0.2) is 9.84 Å². The zero-order valence-corrected chi connectivity index (χ0v) is 10.0. The first-order chi connectivity index (χ1) is 7.38. The molecule has 0 bridgehead atoms. The van der Waals surface area contributed by atoms with Gasteiger partial charge in [-0.2, -0.15) is 0 Å². The summed E-state index contributed by atoms with van der Waals surface area (Å²) in [5.41, 5.74) is 0.0276. The number of halogens is 1. The van der Waals surface area contributed by atoms with E-state index >= 15 is 0 Å². The minimum atomic E-state index is -3.40. The van der Waals surface area contributed by atoms with Crippen LogP contribution in [0.1, 0.15) is 25.0 Å². The lowest BCUT2D eigenvalue weighted by Crippen LogP contribution is -2.27. The van der Waals surface area contributed by atoms with Gasteiger partial charge in [0.2, 0.25) is 0 Å². The number of hydrogen-bond donors (Lipinski definition) is 1. The van der Waals surface area contributed by atoms with Crippen molar-refractivity contribution in [1.82, 2.24) is 0 Å². The van der Waals surface area contributed by atoms with E-state index in [1.807, 2.05) is 0 Å². The molecule has 1 rings (SSSR count). The third-order valence-corrected chi connectivity index (χ3v) is 4.22. The molecular formula is C11H15FO3S. The van der Waals surface area contributed by atoms with Crippen molar-refractivity contribution < 1.29 is 17.9 Å². The molecule has 0 aliphatic carbocycles. The maximum Gasteiger partial charge on any atom is 0.153 e. The van der Waals surface area contributed by atoms with Crippen molar-refractivity contribution in [3.8, 4) is 0 Å². The van der Waals surface area contributed by atoms with Gasteiger partial charge in [-0.25, -0.2) is 12.8 Å². The van der Waals surface area contributed by atoms with Crippen LogP contribution in [0.4, 0.5) is 4.39 Å². The predicted molar refractivity (Wildman–Crippen MR) is 60.3 cm³/mol. The van der Waals surface area contributed by atoms with Crippen LogP contribution in [-0.2, 0) is 9.84 Å². The van der Waals surface area contributed by atoms with Gasteiger partial charge in [-0.05, 0) is 12.5 Å². The lowest BCUT2D eigenvalue weighted by molar-refractivity contribution is 0.164. The second-order valence-corrected chi connectivity index (χ2v) is 6.01. The summed E-state index contributed by atoms with van der Waals surface area (Å²) in [5, 5.41) is 8.91. The first kappa shape index (κ1) is 13.1. The zero-order chi connectivity index (χ0) is 12.3. The van der Waals surface area contributed by atoms with Gasteiger partial charge in [0.1, 0.15) is 5.82 Å². The molecular weight excluding hydrogens is 231 g/mol. The van der Waals surface area contributed by atoms with Crippen LogP contribution in [0.3, 0.4) is 0 Å². The molecule has 0 saturated heterocycles. The highest BCUT2D eigenvalue weighted by atomic mass is 32.2. The van der Waals surface area contributed by atoms with Crippen LogP contribution in [0.15, 0.2) is 24.3 Å². The molecule has 0 amide bonds. The largest absolute Gasteiger partial charge is 0.387 e. The summed E-state index contributed by atoms with van der Waals surface area (Å²) in [4.78, 5) is 0. The molecule has 0 spiro atoms. The average molecular weight is 246 g/mol. The summed E-state index contributed by atoms with van der Waals surface area (Å²) in [6.45, 7) is 1.65. The number of sulfone groups is 1. The SMILES string of the molecule is CC[C@@H]([C@@H](O)c1ccccc1F)S(C)(=O)=O. The van der Waals surface area contributed by atoms with E-state index in [0.29, 0.717) is 0 Å². The lowest BCUT2D eigenvalue weighted by atomic mass is 10.0. The minimum absolute atomic E-state index is 0.0276. The first-order valence-electron chi connectivity index (χ1n) is 4.99. The maximum atomic E-state index is 13.4. The first-order valence-corrected chi connectivity index (χ1v) is 6.94. The van der Waals surface area contributed by atoms with Crippen molar-refractivity contribution in [2.45, 2.75) is 24.7 Å². The van der Waals surface area contributed by atoms with Crippen molar-refractivity contribution in [1.29, 1.82) is 0 Å². The molecule has 2 atom stereocenters. The van der Waals surface area contributed by atoms with Crippen LogP contribution in [0.2, 0.25) is 0 Å². The third-order valence-electron chi connectivity index (χ3n) is 2.53. The molecule has 0 radical (unpaired) electrons. The highest BCUT2D eigenvalue weighted by Crippen LogP contribution is 2.25. The van der Waals surface area contributed by atoms with Crippen molar-refractivity contribution in [2.75, 3.05) is 6.26 Å². The second-order valence-electron chi connectivity index (χ2n) is 3.74. The molecule has 0 unspecified atom stereocenters. The van der Waals surface area contributed by atoms with E-state index in [1.54, 1.807) is 13.0 Å².